The fraction of sp³-hybridized carbons (Fsp3) is 0.273. The number of hydrogen-bond acceptors (Lipinski definition) is 5. The van der Waals surface area contributed by atoms with Crippen LogP contribution < -0.4 is 10.7 Å². The zero-order valence-electron chi connectivity index (χ0n) is 17.0. The quantitative estimate of drug-likeness (QED) is 0.667. The number of benzene rings is 1. The molecule has 4 rings (SSSR count). The van der Waals surface area contributed by atoms with Gasteiger partial charge in [0.2, 0.25) is 11.3 Å². The molecule has 8 nitrogen and oxygen atoms in total. The molecular formula is C22H22FN5O3. The van der Waals surface area contributed by atoms with Crippen molar-refractivity contribution in [1.29, 1.82) is 0 Å². The van der Waals surface area contributed by atoms with Gasteiger partial charge < -0.3 is 15.2 Å². The van der Waals surface area contributed by atoms with Gasteiger partial charge in [0.05, 0.1) is 11.9 Å². The Balaban J connectivity index is 1.35. The Hall–Kier alpha value is -3.59. The maximum atomic E-state index is 13.0. The van der Waals surface area contributed by atoms with Crippen molar-refractivity contribution in [2.75, 3.05) is 38.0 Å². The molecule has 0 aliphatic carbocycles. The number of hydrogen-bond donors (Lipinski definition) is 2. The zero-order chi connectivity index (χ0) is 22.0. The van der Waals surface area contributed by atoms with Gasteiger partial charge in [0.1, 0.15) is 17.0 Å². The highest BCUT2D eigenvalue weighted by molar-refractivity contribution is 5.97. The smallest absolute Gasteiger partial charge is 0.259 e. The number of fused-ring (bicyclic) bond motifs is 1. The first-order chi connectivity index (χ1) is 14.9. The molecule has 9 heteroatoms. The molecule has 2 aromatic heterocycles. The van der Waals surface area contributed by atoms with Crippen molar-refractivity contribution >= 4 is 28.5 Å². The van der Waals surface area contributed by atoms with E-state index in [-0.39, 0.29) is 35.2 Å². The minimum atomic E-state index is -0.365. The number of rotatable bonds is 4. The van der Waals surface area contributed by atoms with Crippen LogP contribution in [-0.2, 0) is 4.79 Å². The van der Waals surface area contributed by atoms with Crippen LogP contribution in [-0.4, -0.2) is 64.3 Å². The molecule has 31 heavy (non-hydrogen) atoms. The molecule has 160 valence electrons. The Morgan fingerprint density at radius 2 is 1.81 bits per heavy atom. The largest absolute Gasteiger partial charge is 0.345 e. The number of nitrogens with one attached hydrogen (secondary N) is 2. The van der Waals surface area contributed by atoms with Gasteiger partial charge in [0, 0.05) is 43.8 Å². The predicted octanol–water partition coefficient (Wildman–Crippen LogP) is 1.77. The molecule has 0 bridgehead atoms. The fourth-order valence-corrected chi connectivity index (χ4v) is 3.58. The van der Waals surface area contributed by atoms with Crippen molar-refractivity contribution in [1.82, 2.24) is 19.8 Å². The third-order valence-electron chi connectivity index (χ3n) is 5.26. The first-order valence-corrected chi connectivity index (χ1v) is 9.97. The lowest BCUT2D eigenvalue weighted by molar-refractivity contribution is -0.117. The Morgan fingerprint density at radius 1 is 1.10 bits per heavy atom. The molecule has 0 saturated carbocycles. The fourth-order valence-electron chi connectivity index (χ4n) is 3.58. The van der Waals surface area contributed by atoms with Gasteiger partial charge in [-0.15, -0.1) is 0 Å². The highest BCUT2D eigenvalue weighted by atomic mass is 19.1. The summed E-state index contributed by atoms with van der Waals surface area (Å²) in [6.45, 7) is 3.83. The summed E-state index contributed by atoms with van der Waals surface area (Å²) in [5.41, 5.74) is 1.51. The average Bonchev–Trinajstić information content (AvgIpc) is 2.75. The number of carbonyl (C=O) groups is 2. The Kier molecular flexibility index (Phi) is 5.77. The van der Waals surface area contributed by atoms with E-state index < -0.39 is 0 Å². The van der Waals surface area contributed by atoms with E-state index in [1.165, 1.54) is 30.5 Å². The van der Waals surface area contributed by atoms with E-state index >= 15 is 0 Å². The number of anilines is 1. The van der Waals surface area contributed by atoms with Crippen LogP contribution >= 0.6 is 0 Å². The molecule has 0 unspecified atom stereocenters. The number of aromatic amines is 1. The Morgan fingerprint density at radius 3 is 2.52 bits per heavy atom. The van der Waals surface area contributed by atoms with Crippen LogP contribution in [0.25, 0.3) is 11.0 Å². The van der Waals surface area contributed by atoms with Crippen LogP contribution in [0.4, 0.5) is 10.1 Å². The molecule has 1 saturated heterocycles. The molecule has 1 aliphatic rings. The molecule has 0 radical (unpaired) electrons. The topological polar surface area (TPSA) is 98.4 Å². The number of pyridine rings is 2. The van der Waals surface area contributed by atoms with Crippen molar-refractivity contribution in [3.63, 3.8) is 0 Å². The van der Waals surface area contributed by atoms with Gasteiger partial charge in [-0.3, -0.25) is 19.3 Å². The van der Waals surface area contributed by atoms with Gasteiger partial charge in [-0.05, 0) is 43.3 Å². The van der Waals surface area contributed by atoms with Gasteiger partial charge in [-0.25, -0.2) is 9.37 Å². The third kappa shape index (κ3) is 4.61. The minimum absolute atomic E-state index is 0.0839. The van der Waals surface area contributed by atoms with Gasteiger partial charge >= 0.3 is 0 Å². The van der Waals surface area contributed by atoms with Gasteiger partial charge in [0.15, 0.2) is 0 Å². The summed E-state index contributed by atoms with van der Waals surface area (Å²) >= 11 is 0. The Bertz CT molecular complexity index is 1180. The standard InChI is InChI=1S/C22H22FN5O3/c1-14-2-7-17-20(30)18(12-24-21(17)25-14)22(31)28-10-8-27(9-11-28)13-19(29)26-16-5-3-15(23)4-6-16/h2-7,12H,8-11,13H2,1H3,(H,26,29)(H,24,25,30). The third-order valence-corrected chi connectivity index (χ3v) is 5.26. The lowest BCUT2D eigenvalue weighted by atomic mass is 10.1. The molecule has 1 aromatic carbocycles. The normalized spacial score (nSPS) is 14.6. The van der Waals surface area contributed by atoms with Crippen molar-refractivity contribution in [3.8, 4) is 0 Å². The molecule has 1 aliphatic heterocycles. The van der Waals surface area contributed by atoms with Crippen molar-refractivity contribution in [3.05, 3.63) is 69.9 Å². The van der Waals surface area contributed by atoms with E-state index in [4.69, 9.17) is 0 Å². The second-order valence-corrected chi connectivity index (χ2v) is 7.50. The van der Waals surface area contributed by atoms with Crippen LogP contribution in [0, 0.1) is 12.7 Å². The summed E-state index contributed by atoms with van der Waals surface area (Å²) in [7, 11) is 0. The van der Waals surface area contributed by atoms with Crippen molar-refractivity contribution in [2.24, 2.45) is 0 Å². The Labute approximate surface area is 177 Å². The van der Waals surface area contributed by atoms with E-state index in [2.05, 4.69) is 15.3 Å². The molecule has 1 fully saturated rings. The summed E-state index contributed by atoms with van der Waals surface area (Å²) in [4.78, 5) is 48.6. The molecule has 0 atom stereocenters. The summed E-state index contributed by atoms with van der Waals surface area (Å²) in [6.07, 6.45) is 1.42. The average molecular weight is 423 g/mol. The van der Waals surface area contributed by atoms with Crippen LogP contribution in [0.5, 0.6) is 0 Å². The summed E-state index contributed by atoms with van der Waals surface area (Å²) in [5, 5.41) is 3.11. The maximum Gasteiger partial charge on any atom is 0.259 e. The van der Waals surface area contributed by atoms with E-state index in [1.807, 2.05) is 11.8 Å². The summed E-state index contributed by atoms with van der Waals surface area (Å²) in [6, 6.07) is 8.98. The summed E-state index contributed by atoms with van der Waals surface area (Å²) in [5.74, 6) is -0.908. The second kappa shape index (κ2) is 8.65. The van der Waals surface area contributed by atoms with E-state index in [0.29, 0.717) is 42.9 Å². The zero-order valence-corrected chi connectivity index (χ0v) is 17.0. The van der Waals surface area contributed by atoms with Gasteiger partial charge in [0.25, 0.3) is 5.91 Å². The van der Waals surface area contributed by atoms with E-state index in [1.54, 1.807) is 17.0 Å². The number of piperazine rings is 1. The molecule has 2 amide bonds. The summed E-state index contributed by atoms with van der Waals surface area (Å²) < 4.78 is 13.0. The molecule has 3 heterocycles. The van der Waals surface area contributed by atoms with Crippen LogP contribution in [0.15, 0.2) is 47.4 Å². The lowest BCUT2D eigenvalue weighted by Gasteiger charge is -2.34. The molecule has 0 spiro atoms. The number of H-pyrrole nitrogens is 1. The number of aryl methyl sites for hydroxylation is 1. The molecule has 2 N–H and O–H groups in total. The first-order valence-electron chi connectivity index (χ1n) is 9.97. The van der Waals surface area contributed by atoms with Crippen molar-refractivity contribution < 1.29 is 14.0 Å². The molecular weight excluding hydrogens is 401 g/mol. The van der Waals surface area contributed by atoms with Gasteiger partial charge in [-0.1, -0.05) is 0 Å². The SMILES string of the molecule is Cc1ccc2c(=O)c(C(=O)N3CCN(CC(=O)Nc4ccc(F)cc4)CC3)c[nH]c2n1. The molecule has 3 aromatic rings. The van der Waals surface area contributed by atoms with Crippen LogP contribution in [0.1, 0.15) is 16.1 Å². The van der Waals surface area contributed by atoms with E-state index in [0.717, 1.165) is 5.69 Å². The predicted molar refractivity (Wildman–Crippen MR) is 114 cm³/mol. The van der Waals surface area contributed by atoms with Crippen LogP contribution in [0.2, 0.25) is 0 Å². The number of aromatic nitrogens is 2. The highest BCUT2D eigenvalue weighted by Crippen LogP contribution is 2.11. The minimum Gasteiger partial charge on any atom is -0.345 e. The van der Waals surface area contributed by atoms with Gasteiger partial charge in [-0.2, -0.15) is 0 Å². The maximum absolute atomic E-state index is 13.0. The lowest BCUT2D eigenvalue weighted by Crippen LogP contribution is -2.51. The van der Waals surface area contributed by atoms with Crippen LogP contribution in [0.3, 0.4) is 0 Å². The van der Waals surface area contributed by atoms with Crippen molar-refractivity contribution in [2.45, 2.75) is 6.92 Å². The monoisotopic (exact) mass is 423 g/mol. The second-order valence-electron chi connectivity index (χ2n) is 7.50. The first kappa shape index (κ1) is 20.7. The number of halogens is 1. The van der Waals surface area contributed by atoms with E-state index in [9.17, 15) is 18.8 Å². The number of nitrogens with zero attached hydrogens (tertiary/aromatic N) is 3. The number of carbonyl (C=O) groups excluding carboxylic acids is 2. The number of amides is 2. The highest BCUT2D eigenvalue weighted by Gasteiger charge is 2.25.